The summed E-state index contributed by atoms with van der Waals surface area (Å²) in [5.74, 6) is 2.32. The zero-order valence-corrected chi connectivity index (χ0v) is 16.7. The molecule has 6 rings (SSSR count). The average molecular weight is 371 g/mol. The maximum atomic E-state index is 4.92. The number of anilines is 2. The molecule has 1 saturated carbocycles. The Hall–Kier alpha value is -2.62. The van der Waals surface area contributed by atoms with Gasteiger partial charge >= 0.3 is 0 Å². The summed E-state index contributed by atoms with van der Waals surface area (Å²) in [5.41, 5.74) is 7.08. The molecule has 4 heteroatoms. The molecule has 28 heavy (non-hydrogen) atoms. The van der Waals surface area contributed by atoms with Gasteiger partial charge in [0.1, 0.15) is 11.6 Å². The van der Waals surface area contributed by atoms with E-state index in [1.54, 1.807) is 0 Å². The van der Waals surface area contributed by atoms with Crippen LogP contribution in [0.25, 0.3) is 5.69 Å². The van der Waals surface area contributed by atoms with Gasteiger partial charge in [0.25, 0.3) is 0 Å². The van der Waals surface area contributed by atoms with Crippen LogP contribution in [-0.2, 0) is 11.8 Å². The number of fused-ring (bicyclic) bond motifs is 5. The van der Waals surface area contributed by atoms with Crippen LogP contribution in [0.2, 0.25) is 0 Å². The molecule has 1 unspecified atom stereocenters. The quantitative estimate of drug-likeness (QED) is 0.460. The summed E-state index contributed by atoms with van der Waals surface area (Å²) in [6.45, 7) is 4.68. The fraction of sp³-hybridized carbons (Fsp3) is 0.417. The molecular formula is C24H26N4. The molecule has 4 heterocycles. The summed E-state index contributed by atoms with van der Waals surface area (Å²) in [6.07, 6.45) is 13.4. The topological polar surface area (TPSA) is 34.0 Å². The van der Waals surface area contributed by atoms with E-state index in [0.29, 0.717) is 6.04 Å². The third-order valence-electron chi connectivity index (χ3n) is 7.50. The van der Waals surface area contributed by atoms with Crippen LogP contribution in [0.5, 0.6) is 0 Å². The standard InChI is InChI=1S/C24H26N4/c1-16-8-9-20-18(15-21-25-13-14-27(20)21)22(16)28-17(2)24(10-4-3-5-11-24)19-7-6-12-26-23(19)28/h6-9,12-14,17H,3-5,10-11,15H2,1-2H3. The SMILES string of the molecule is Cc1ccc2c(c1N1c3ncccc3C3(CCCCC3)C1C)Cc1nccn1-2. The number of hydrogen-bond donors (Lipinski definition) is 0. The molecule has 2 aromatic heterocycles. The zero-order valence-electron chi connectivity index (χ0n) is 16.7. The zero-order chi connectivity index (χ0) is 18.9. The van der Waals surface area contributed by atoms with Crippen molar-refractivity contribution < 1.29 is 0 Å². The summed E-state index contributed by atoms with van der Waals surface area (Å²) in [6, 6.07) is 9.42. The maximum absolute atomic E-state index is 4.92. The van der Waals surface area contributed by atoms with E-state index >= 15 is 0 Å². The second-order valence-electron chi connectivity index (χ2n) is 8.76. The normalized spacial score (nSPS) is 21.6. The highest BCUT2D eigenvalue weighted by Crippen LogP contribution is 2.56. The fourth-order valence-electron chi connectivity index (χ4n) is 6.12. The van der Waals surface area contributed by atoms with Crippen LogP contribution in [-0.4, -0.2) is 20.6 Å². The van der Waals surface area contributed by atoms with Crippen LogP contribution in [0.3, 0.4) is 0 Å². The lowest BCUT2D eigenvalue weighted by Gasteiger charge is -2.40. The first-order valence-corrected chi connectivity index (χ1v) is 10.6. The highest BCUT2D eigenvalue weighted by atomic mass is 15.3. The second kappa shape index (κ2) is 5.69. The lowest BCUT2D eigenvalue weighted by Crippen LogP contribution is -2.42. The highest BCUT2D eigenvalue weighted by molar-refractivity contribution is 5.79. The Morgan fingerprint density at radius 3 is 2.75 bits per heavy atom. The number of nitrogens with zero attached hydrogens (tertiary/aromatic N) is 4. The van der Waals surface area contributed by atoms with Crippen molar-refractivity contribution in [3.63, 3.8) is 0 Å². The first-order valence-electron chi connectivity index (χ1n) is 10.6. The minimum atomic E-state index is 0.239. The van der Waals surface area contributed by atoms with Gasteiger partial charge in [-0.05, 0) is 44.4 Å². The molecule has 3 aromatic rings. The van der Waals surface area contributed by atoms with Crippen molar-refractivity contribution in [1.82, 2.24) is 14.5 Å². The van der Waals surface area contributed by atoms with Crippen molar-refractivity contribution in [3.8, 4) is 5.69 Å². The molecule has 0 N–H and O–H groups in total. The number of pyridine rings is 1. The van der Waals surface area contributed by atoms with Gasteiger partial charge in [0.05, 0.1) is 11.4 Å². The van der Waals surface area contributed by atoms with E-state index < -0.39 is 0 Å². The molecule has 3 aliphatic rings. The summed E-state index contributed by atoms with van der Waals surface area (Å²) in [7, 11) is 0. The van der Waals surface area contributed by atoms with Gasteiger partial charge in [-0.3, -0.25) is 0 Å². The molecule has 1 aromatic carbocycles. The van der Waals surface area contributed by atoms with Crippen LogP contribution in [0.4, 0.5) is 11.5 Å². The summed E-state index contributed by atoms with van der Waals surface area (Å²) < 4.78 is 2.24. The average Bonchev–Trinajstić information content (AvgIpc) is 3.37. The van der Waals surface area contributed by atoms with Crippen LogP contribution >= 0.6 is 0 Å². The van der Waals surface area contributed by atoms with E-state index in [9.17, 15) is 0 Å². The van der Waals surface area contributed by atoms with E-state index in [1.807, 2.05) is 12.4 Å². The molecule has 1 fully saturated rings. The number of benzene rings is 1. The fourth-order valence-corrected chi connectivity index (χ4v) is 6.12. The van der Waals surface area contributed by atoms with Gasteiger partial charge in [0, 0.05) is 47.6 Å². The monoisotopic (exact) mass is 370 g/mol. The van der Waals surface area contributed by atoms with Gasteiger partial charge in [-0.25, -0.2) is 9.97 Å². The minimum absolute atomic E-state index is 0.239. The molecule has 1 aliphatic carbocycles. The van der Waals surface area contributed by atoms with E-state index in [1.165, 1.54) is 66.0 Å². The number of aryl methyl sites for hydroxylation is 1. The predicted octanol–water partition coefficient (Wildman–Crippen LogP) is 5.22. The maximum Gasteiger partial charge on any atom is 0.137 e. The third kappa shape index (κ3) is 1.96. The molecule has 0 saturated heterocycles. The highest BCUT2D eigenvalue weighted by Gasteiger charge is 2.51. The molecule has 1 spiro atoms. The molecular weight excluding hydrogens is 344 g/mol. The molecule has 2 aliphatic heterocycles. The van der Waals surface area contributed by atoms with Gasteiger partial charge in [0.15, 0.2) is 0 Å². The Balaban J connectivity index is 1.57. The van der Waals surface area contributed by atoms with E-state index in [-0.39, 0.29) is 5.41 Å². The number of hydrogen-bond acceptors (Lipinski definition) is 3. The minimum Gasteiger partial charge on any atom is -0.322 e. The van der Waals surface area contributed by atoms with Crippen LogP contribution in [0.1, 0.15) is 61.5 Å². The first kappa shape index (κ1) is 16.3. The van der Waals surface area contributed by atoms with Crippen LogP contribution < -0.4 is 4.90 Å². The molecule has 142 valence electrons. The smallest absolute Gasteiger partial charge is 0.137 e. The molecule has 0 amide bonds. The Morgan fingerprint density at radius 2 is 1.89 bits per heavy atom. The van der Waals surface area contributed by atoms with E-state index in [2.05, 4.69) is 58.8 Å². The van der Waals surface area contributed by atoms with Crippen LogP contribution in [0.15, 0.2) is 42.9 Å². The van der Waals surface area contributed by atoms with Gasteiger partial charge in [-0.15, -0.1) is 0 Å². The Bertz CT molecular complexity index is 1070. The van der Waals surface area contributed by atoms with E-state index in [4.69, 9.17) is 4.98 Å². The predicted molar refractivity (Wildman–Crippen MR) is 112 cm³/mol. The van der Waals surface area contributed by atoms with Crippen molar-refractivity contribution in [2.45, 2.75) is 63.8 Å². The second-order valence-corrected chi connectivity index (χ2v) is 8.76. The van der Waals surface area contributed by atoms with Gasteiger partial charge in [-0.1, -0.05) is 31.4 Å². The number of rotatable bonds is 1. The van der Waals surface area contributed by atoms with Crippen molar-refractivity contribution >= 4 is 11.5 Å². The van der Waals surface area contributed by atoms with Gasteiger partial charge in [0.2, 0.25) is 0 Å². The number of aromatic nitrogens is 3. The summed E-state index contributed by atoms with van der Waals surface area (Å²) in [4.78, 5) is 12.1. The largest absolute Gasteiger partial charge is 0.322 e. The van der Waals surface area contributed by atoms with Gasteiger partial charge < -0.3 is 9.47 Å². The van der Waals surface area contributed by atoms with Crippen molar-refractivity contribution in [2.75, 3.05) is 4.90 Å². The van der Waals surface area contributed by atoms with Gasteiger partial charge in [-0.2, -0.15) is 0 Å². The third-order valence-corrected chi connectivity index (χ3v) is 7.50. The Morgan fingerprint density at radius 1 is 1.04 bits per heavy atom. The first-order chi connectivity index (χ1) is 13.7. The number of imidazole rings is 1. The van der Waals surface area contributed by atoms with Crippen molar-refractivity contribution in [1.29, 1.82) is 0 Å². The van der Waals surface area contributed by atoms with Crippen molar-refractivity contribution in [3.05, 3.63) is 65.4 Å². The molecule has 1 atom stereocenters. The van der Waals surface area contributed by atoms with E-state index in [0.717, 1.165) is 12.2 Å². The summed E-state index contributed by atoms with van der Waals surface area (Å²) in [5, 5.41) is 0. The molecule has 0 radical (unpaired) electrons. The van der Waals surface area contributed by atoms with Crippen LogP contribution in [0, 0.1) is 6.92 Å². The Kier molecular flexibility index (Phi) is 3.32. The Labute approximate surface area is 166 Å². The molecule has 0 bridgehead atoms. The lowest BCUT2D eigenvalue weighted by molar-refractivity contribution is 0.268. The molecule has 4 nitrogen and oxygen atoms in total. The van der Waals surface area contributed by atoms with Crippen molar-refractivity contribution in [2.24, 2.45) is 0 Å². The lowest BCUT2D eigenvalue weighted by atomic mass is 9.67. The summed E-state index contributed by atoms with van der Waals surface area (Å²) >= 11 is 0.